The van der Waals surface area contributed by atoms with E-state index in [2.05, 4.69) is 6.92 Å². The van der Waals surface area contributed by atoms with Crippen molar-refractivity contribution in [1.82, 2.24) is 4.90 Å². The molecule has 0 saturated carbocycles. The van der Waals surface area contributed by atoms with Crippen LogP contribution in [0.2, 0.25) is 0 Å². The van der Waals surface area contributed by atoms with Crippen LogP contribution in [0, 0.1) is 11.7 Å². The molecule has 0 bridgehead atoms. The monoisotopic (exact) mass is 264 g/mol. The number of anilines is 1. The molecule has 1 saturated heterocycles. The Balaban J connectivity index is 1.99. The summed E-state index contributed by atoms with van der Waals surface area (Å²) in [5, 5.41) is 0. The van der Waals surface area contributed by atoms with E-state index in [4.69, 9.17) is 5.73 Å². The second kappa shape index (κ2) is 6.04. The summed E-state index contributed by atoms with van der Waals surface area (Å²) in [6.45, 7) is 3.74. The molecule has 104 valence electrons. The third-order valence-corrected chi connectivity index (χ3v) is 3.85. The summed E-state index contributed by atoms with van der Waals surface area (Å²) in [6.07, 6.45) is 4.54. The van der Waals surface area contributed by atoms with Gasteiger partial charge in [-0.05, 0) is 37.0 Å². The lowest BCUT2D eigenvalue weighted by Gasteiger charge is -2.32. The van der Waals surface area contributed by atoms with Gasteiger partial charge >= 0.3 is 0 Å². The molecule has 0 radical (unpaired) electrons. The summed E-state index contributed by atoms with van der Waals surface area (Å²) in [7, 11) is 0. The van der Waals surface area contributed by atoms with E-state index in [0.717, 1.165) is 31.8 Å². The fourth-order valence-electron chi connectivity index (χ4n) is 2.68. The van der Waals surface area contributed by atoms with E-state index < -0.39 is 5.82 Å². The van der Waals surface area contributed by atoms with Crippen molar-refractivity contribution in [1.29, 1.82) is 0 Å². The largest absolute Gasteiger partial charge is 0.396 e. The number of hydrogen-bond donors (Lipinski definition) is 1. The second-order valence-electron chi connectivity index (χ2n) is 5.26. The van der Waals surface area contributed by atoms with Crippen molar-refractivity contribution in [3.8, 4) is 0 Å². The Labute approximate surface area is 113 Å². The Kier molecular flexibility index (Phi) is 4.40. The molecule has 3 nitrogen and oxygen atoms in total. The smallest absolute Gasteiger partial charge is 0.253 e. The molecule has 2 N–H and O–H groups in total. The Morgan fingerprint density at radius 1 is 1.42 bits per heavy atom. The summed E-state index contributed by atoms with van der Waals surface area (Å²) >= 11 is 0. The molecule has 0 spiro atoms. The molecule has 0 atom stereocenters. The SMILES string of the molecule is CCCC1CCN(C(=O)c2ccc(N)c(F)c2)CC1. The molecule has 2 rings (SSSR count). The highest BCUT2D eigenvalue weighted by Crippen LogP contribution is 2.23. The van der Waals surface area contributed by atoms with Crippen molar-refractivity contribution >= 4 is 11.6 Å². The summed E-state index contributed by atoms with van der Waals surface area (Å²) in [5.41, 5.74) is 5.89. The lowest BCUT2D eigenvalue weighted by Crippen LogP contribution is -2.38. The Morgan fingerprint density at radius 2 is 2.11 bits per heavy atom. The van der Waals surface area contributed by atoms with Crippen molar-refractivity contribution < 1.29 is 9.18 Å². The molecule has 0 unspecified atom stereocenters. The molecular weight excluding hydrogens is 243 g/mol. The van der Waals surface area contributed by atoms with E-state index in [1.807, 2.05) is 4.90 Å². The standard InChI is InChI=1S/C15H21FN2O/c1-2-3-11-6-8-18(9-7-11)15(19)12-4-5-14(17)13(16)10-12/h4-5,10-11H,2-3,6-9,17H2,1H3. The molecule has 0 aromatic heterocycles. The number of carbonyl (C=O) groups excluding carboxylic acids is 1. The molecule has 1 aliphatic rings. The first-order chi connectivity index (χ1) is 9.11. The van der Waals surface area contributed by atoms with Gasteiger partial charge in [0.05, 0.1) is 5.69 Å². The lowest BCUT2D eigenvalue weighted by atomic mass is 9.92. The van der Waals surface area contributed by atoms with Crippen molar-refractivity contribution in [3.05, 3.63) is 29.6 Å². The van der Waals surface area contributed by atoms with Crippen LogP contribution in [0.4, 0.5) is 10.1 Å². The summed E-state index contributed by atoms with van der Waals surface area (Å²) in [4.78, 5) is 14.1. The summed E-state index contributed by atoms with van der Waals surface area (Å²) < 4.78 is 13.4. The number of benzene rings is 1. The molecular formula is C15H21FN2O. The molecule has 1 heterocycles. The predicted octanol–water partition coefficient (Wildman–Crippen LogP) is 3.06. The van der Waals surface area contributed by atoms with Gasteiger partial charge < -0.3 is 10.6 Å². The summed E-state index contributed by atoms with van der Waals surface area (Å²) in [6, 6.07) is 4.28. The third-order valence-electron chi connectivity index (χ3n) is 3.85. The predicted molar refractivity (Wildman–Crippen MR) is 74.3 cm³/mol. The number of likely N-dealkylation sites (tertiary alicyclic amines) is 1. The minimum absolute atomic E-state index is 0.0817. The van der Waals surface area contributed by atoms with Crippen molar-refractivity contribution in [2.45, 2.75) is 32.6 Å². The van der Waals surface area contributed by atoms with Crippen LogP contribution in [-0.2, 0) is 0 Å². The fourth-order valence-corrected chi connectivity index (χ4v) is 2.68. The van der Waals surface area contributed by atoms with Gasteiger partial charge in [0.2, 0.25) is 0 Å². The van der Waals surface area contributed by atoms with E-state index in [9.17, 15) is 9.18 Å². The van der Waals surface area contributed by atoms with Crippen LogP contribution in [0.3, 0.4) is 0 Å². The number of piperidine rings is 1. The minimum atomic E-state index is -0.522. The molecule has 1 aromatic rings. The fraction of sp³-hybridized carbons (Fsp3) is 0.533. The van der Waals surface area contributed by atoms with Crippen LogP contribution in [-0.4, -0.2) is 23.9 Å². The number of hydrogen-bond acceptors (Lipinski definition) is 2. The molecule has 4 heteroatoms. The maximum absolute atomic E-state index is 13.4. The molecule has 1 amide bonds. The summed E-state index contributed by atoms with van der Waals surface area (Å²) in [5.74, 6) is 0.123. The van der Waals surface area contributed by atoms with E-state index in [1.165, 1.54) is 25.0 Å². The van der Waals surface area contributed by atoms with Gasteiger partial charge in [0.15, 0.2) is 0 Å². The van der Waals surface area contributed by atoms with Gasteiger partial charge in [-0.25, -0.2) is 4.39 Å². The number of nitrogens with zero attached hydrogens (tertiary/aromatic N) is 1. The van der Waals surface area contributed by atoms with Gasteiger partial charge in [-0.2, -0.15) is 0 Å². The van der Waals surface area contributed by atoms with E-state index in [-0.39, 0.29) is 11.6 Å². The first-order valence-electron chi connectivity index (χ1n) is 6.96. The van der Waals surface area contributed by atoms with Crippen LogP contribution in [0.1, 0.15) is 43.0 Å². The maximum atomic E-state index is 13.4. The first-order valence-corrected chi connectivity index (χ1v) is 6.96. The highest BCUT2D eigenvalue weighted by molar-refractivity contribution is 5.94. The lowest BCUT2D eigenvalue weighted by molar-refractivity contribution is 0.0686. The highest BCUT2D eigenvalue weighted by Gasteiger charge is 2.23. The van der Waals surface area contributed by atoms with Crippen LogP contribution in [0.25, 0.3) is 0 Å². The Bertz CT molecular complexity index is 453. The van der Waals surface area contributed by atoms with Gasteiger partial charge in [-0.3, -0.25) is 4.79 Å². The Morgan fingerprint density at radius 3 is 2.68 bits per heavy atom. The zero-order chi connectivity index (χ0) is 13.8. The number of halogens is 1. The second-order valence-corrected chi connectivity index (χ2v) is 5.26. The van der Waals surface area contributed by atoms with E-state index in [1.54, 1.807) is 6.07 Å². The molecule has 1 aromatic carbocycles. The van der Waals surface area contributed by atoms with Gasteiger partial charge in [0, 0.05) is 18.7 Å². The maximum Gasteiger partial charge on any atom is 0.253 e. The Hall–Kier alpha value is -1.58. The first kappa shape index (κ1) is 13.8. The van der Waals surface area contributed by atoms with Gasteiger partial charge in [-0.15, -0.1) is 0 Å². The van der Waals surface area contributed by atoms with Crippen LogP contribution in [0.15, 0.2) is 18.2 Å². The number of rotatable bonds is 3. The number of carbonyl (C=O) groups is 1. The van der Waals surface area contributed by atoms with E-state index >= 15 is 0 Å². The number of nitrogen functional groups attached to an aromatic ring is 1. The molecule has 19 heavy (non-hydrogen) atoms. The zero-order valence-corrected chi connectivity index (χ0v) is 11.4. The number of nitrogens with two attached hydrogens (primary N) is 1. The average molecular weight is 264 g/mol. The average Bonchev–Trinajstić information content (AvgIpc) is 2.42. The third kappa shape index (κ3) is 3.25. The minimum Gasteiger partial charge on any atom is -0.396 e. The topological polar surface area (TPSA) is 46.3 Å². The molecule has 1 aliphatic heterocycles. The highest BCUT2D eigenvalue weighted by atomic mass is 19.1. The quantitative estimate of drug-likeness (QED) is 0.853. The number of amides is 1. The van der Waals surface area contributed by atoms with Crippen molar-refractivity contribution in [2.75, 3.05) is 18.8 Å². The van der Waals surface area contributed by atoms with Crippen molar-refractivity contribution in [2.24, 2.45) is 5.92 Å². The normalized spacial score (nSPS) is 16.6. The van der Waals surface area contributed by atoms with Crippen LogP contribution in [0.5, 0.6) is 0 Å². The van der Waals surface area contributed by atoms with Gasteiger partial charge in [-0.1, -0.05) is 19.8 Å². The van der Waals surface area contributed by atoms with E-state index in [0.29, 0.717) is 5.56 Å². The molecule has 0 aliphatic carbocycles. The van der Waals surface area contributed by atoms with Crippen molar-refractivity contribution in [3.63, 3.8) is 0 Å². The van der Waals surface area contributed by atoms with Gasteiger partial charge in [0.25, 0.3) is 5.91 Å². The molecule has 1 fully saturated rings. The zero-order valence-electron chi connectivity index (χ0n) is 11.4. The van der Waals surface area contributed by atoms with Crippen LogP contribution < -0.4 is 5.73 Å². The van der Waals surface area contributed by atoms with Crippen LogP contribution >= 0.6 is 0 Å². The van der Waals surface area contributed by atoms with Gasteiger partial charge in [0.1, 0.15) is 5.82 Å².